The Labute approximate surface area is 151 Å². The highest BCUT2D eigenvalue weighted by molar-refractivity contribution is 6.07. The van der Waals surface area contributed by atoms with Crippen molar-refractivity contribution in [3.8, 4) is 0 Å². The van der Waals surface area contributed by atoms with Crippen molar-refractivity contribution in [1.29, 1.82) is 0 Å². The molecule has 2 aliphatic heterocycles. The van der Waals surface area contributed by atoms with E-state index in [1.165, 1.54) is 58.0 Å². The smallest absolute Gasteiger partial charge is 0.238 e. The number of likely N-dealkylation sites (tertiary alicyclic amines) is 2. The number of primary amides is 1. The van der Waals surface area contributed by atoms with Gasteiger partial charge in [-0.2, -0.15) is 0 Å². The maximum atomic E-state index is 12.8. The zero-order chi connectivity index (χ0) is 17.5. The highest BCUT2D eigenvalue weighted by atomic mass is 16.2. The minimum Gasteiger partial charge on any atom is -0.369 e. The van der Waals surface area contributed by atoms with Gasteiger partial charge >= 0.3 is 0 Å². The Kier molecular flexibility index (Phi) is 4.55. The summed E-state index contributed by atoms with van der Waals surface area (Å²) in [6, 6.07) is 0. The van der Waals surface area contributed by atoms with Crippen LogP contribution in [0, 0.1) is 16.7 Å². The first-order chi connectivity index (χ1) is 12.0. The van der Waals surface area contributed by atoms with Crippen molar-refractivity contribution in [3.05, 3.63) is 0 Å². The van der Waals surface area contributed by atoms with Gasteiger partial charge in [-0.3, -0.25) is 9.59 Å². The minimum atomic E-state index is -0.845. The van der Waals surface area contributed by atoms with E-state index in [9.17, 15) is 9.59 Å². The summed E-state index contributed by atoms with van der Waals surface area (Å²) in [4.78, 5) is 29.1. The molecule has 2 saturated heterocycles. The first-order valence-corrected chi connectivity index (χ1v) is 10.3. The maximum absolute atomic E-state index is 12.8. The molecule has 4 rings (SSSR count). The summed E-state index contributed by atoms with van der Waals surface area (Å²) in [6.07, 6.45) is 11.9. The molecular formula is C20H33N3O2. The lowest BCUT2D eigenvalue weighted by atomic mass is 9.78. The topological polar surface area (TPSA) is 66.6 Å². The third-order valence-corrected chi connectivity index (χ3v) is 7.34. The Balaban J connectivity index is 1.36. The summed E-state index contributed by atoms with van der Waals surface area (Å²) < 4.78 is 0. The van der Waals surface area contributed by atoms with Gasteiger partial charge in [0.25, 0.3) is 0 Å². The van der Waals surface area contributed by atoms with Crippen LogP contribution < -0.4 is 5.73 Å². The second-order valence-corrected chi connectivity index (χ2v) is 9.27. The number of rotatable bonds is 4. The summed E-state index contributed by atoms with van der Waals surface area (Å²) in [7, 11) is 0. The van der Waals surface area contributed by atoms with Crippen LogP contribution in [0.5, 0.6) is 0 Å². The monoisotopic (exact) mass is 347 g/mol. The summed E-state index contributed by atoms with van der Waals surface area (Å²) in [5, 5.41) is 0. The predicted molar refractivity (Wildman–Crippen MR) is 96.7 cm³/mol. The van der Waals surface area contributed by atoms with E-state index in [0.29, 0.717) is 12.8 Å². The number of nitrogens with two attached hydrogens (primary N) is 1. The molecule has 2 saturated carbocycles. The van der Waals surface area contributed by atoms with Gasteiger partial charge in [0.1, 0.15) is 5.41 Å². The molecule has 2 amide bonds. The van der Waals surface area contributed by atoms with Crippen LogP contribution in [-0.4, -0.2) is 54.3 Å². The molecule has 0 bridgehead atoms. The largest absolute Gasteiger partial charge is 0.369 e. The average molecular weight is 348 g/mol. The zero-order valence-electron chi connectivity index (χ0n) is 15.5. The van der Waals surface area contributed by atoms with Crippen LogP contribution in [0.3, 0.4) is 0 Å². The molecule has 2 aliphatic carbocycles. The number of carbonyl (C=O) groups is 2. The van der Waals surface area contributed by atoms with Gasteiger partial charge in [0.2, 0.25) is 11.8 Å². The lowest BCUT2D eigenvalue weighted by Crippen LogP contribution is -2.48. The molecule has 5 heteroatoms. The van der Waals surface area contributed by atoms with Crippen LogP contribution in [0.1, 0.15) is 64.2 Å². The predicted octanol–water partition coefficient (Wildman–Crippen LogP) is 2.15. The van der Waals surface area contributed by atoms with Crippen molar-refractivity contribution in [2.45, 2.75) is 64.2 Å². The van der Waals surface area contributed by atoms with E-state index in [2.05, 4.69) is 4.90 Å². The molecule has 0 radical (unpaired) electrons. The molecule has 4 aliphatic rings. The third kappa shape index (κ3) is 3.32. The van der Waals surface area contributed by atoms with E-state index in [-0.39, 0.29) is 11.3 Å². The van der Waals surface area contributed by atoms with Crippen molar-refractivity contribution in [2.24, 2.45) is 22.5 Å². The molecule has 2 heterocycles. The van der Waals surface area contributed by atoms with Crippen molar-refractivity contribution in [1.82, 2.24) is 9.80 Å². The Morgan fingerprint density at radius 1 is 0.920 bits per heavy atom. The molecule has 0 aromatic rings. The third-order valence-electron chi connectivity index (χ3n) is 7.34. The summed E-state index contributed by atoms with van der Waals surface area (Å²) >= 11 is 0. The number of piperidine rings is 1. The summed E-state index contributed by atoms with van der Waals surface area (Å²) in [5.41, 5.74) is 4.92. The van der Waals surface area contributed by atoms with Crippen LogP contribution in [0.25, 0.3) is 0 Å². The average Bonchev–Trinajstić information content (AvgIpc) is 3.33. The van der Waals surface area contributed by atoms with E-state index < -0.39 is 11.3 Å². The normalized spacial score (nSPS) is 32.9. The Morgan fingerprint density at radius 2 is 1.68 bits per heavy atom. The highest BCUT2D eigenvalue weighted by Crippen LogP contribution is 2.49. The van der Waals surface area contributed by atoms with Gasteiger partial charge in [-0.05, 0) is 57.4 Å². The molecule has 1 spiro atoms. The number of carbonyl (C=O) groups excluding carboxylic acids is 2. The molecule has 5 nitrogen and oxygen atoms in total. The molecule has 2 N–H and O–H groups in total. The molecule has 0 aromatic heterocycles. The van der Waals surface area contributed by atoms with Gasteiger partial charge in [0.05, 0.1) is 0 Å². The van der Waals surface area contributed by atoms with Crippen molar-refractivity contribution >= 4 is 11.8 Å². The van der Waals surface area contributed by atoms with Crippen LogP contribution in [0.2, 0.25) is 0 Å². The van der Waals surface area contributed by atoms with E-state index in [1.807, 2.05) is 4.90 Å². The second kappa shape index (κ2) is 6.57. The number of hydrogen-bond donors (Lipinski definition) is 1. The number of hydrogen-bond acceptors (Lipinski definition) is 3. The van der Waals surface area contributed by atoms with E-state index >= 15 is 0 Å². The molecule has 4 fully saturated rings. The summed E-state index contributed by atoms with van der Waals surface area (Å²) in [6.45, 7) is 5.25. The molecular weight excluding hydrogens is 314 g/mol. The Morgan fingerprint density at radius 3 is 2.36 bits per heavy atom. The van der Waals surface area contributed by atoms with Crippen LogP contribution in [0.4, 0.5) is 0 Å². The van der Waals surface area contributed by atoms with Gasteiger partial charge in [-0.15, -0.1) is 0 Å². The number of amides is 2. The SMILES string of the molecule is NC(=O)C1(C(=O)N2CCC3(CCCN(CC4CCCCC4)C3)C2)CC1. The molecule has 1 atom stereocenters. The molecule has 140 valence electrons. The Hall–Kier alpha value is -1.10. The van der Waals surface area contributed by atoms with E-state index in [1.54, 1.807) is 0 Å². The van der Waals surface area contributed by atoms with Gasteiger partial charge < -0.3 is 15.5 Å². The van der Waals surface area contributed by atoms with Crippen LogP contribution in [0.15, 0.2) is 0 Å². The van der Waals surface area contributed by atoms with E-state index in [4.69, 9.17) is 5.73 Å². The van der Waals surface area contributed by atoms with E-state index in [0.717, 1.165) is 32.0 Å². The minimum absolute atomic E-state index is 0.0151. The quantitative estimate of drug-likeness (QED) is 0.793. The van der Waals surface area contributed by atoms with Gasteiger partial charge in [0.15, 0.2) is 0 Å². The second-order valence-electron chi connectivity index (χ2n) is 9.27. The van der Waals surface area contributed by atoms with Gasteiger partial charge in [0, 0.05) is 31.6 Å². The lowest BCUT2D eigenvalue weighted by Gasteiger charge is -2.42. The van der Waals surface area contributed by atoms with Gasteiger partial charge in [-0.1, -0.05) is 19.3 Å². The molecule has 1 unspecified atom stereocenters. The molecule has 25 heavy (non-hydrogen) atoms. The first-order valence-electron chi connectivity index (χ1n) is 10.3. The zero-order valence-corrected chi connectivity index (χ0v) is 15.5. The fourth-order valence-electron chi connectivity index (χ4n) is 5.64. The number of nitrogens with zero attached hydrogens (tertiary/aromatic N) is 2. The molecule has 0 aromatic carbocycles. The first kappa shape index (κ1) is 17.3. The van der Waals surface area contributed by atoms with Crippen LogP contribution in [-0.2, 0) is 9.59 Å². The standard InChI is InChI=1S/C20H33N3O2/c21-17(24)20(8-9-20)18(25)23-12-10-19(15-23)7-4-11-22(14-19)13-16-5-2-1-3-6-16/h16H,1-15H2,(H2,21,24). The summed E-state index contributed by atoms with van der Waals surface area (Å²) in [5.74, 6) is 0.481. The van der Waals surface area contributed by atoms with Crippen molar-refractivity contribution < 1.29 is 9.59 Å². The van der Waals surface area contributed by atoms with Gasteiger partial charge in [-0.25, -0.2) is 0 Å². The lowest BCUT2D eigenvalue weighted by molar-refractivity contribution is -0.142. The van der Waals surface area contributed by atoms with Crippen LogP contribution >= 0.6 is 0 Å². The van der Waals surface area contributed by atoms with Crippen molar-refractivity contribution in [3.63, 3.8) is 0 Å². The maximum Gasteiger partial charge on any atom is 0.238 e. The highest BCUT2D eigenvalue weighted by Gasteiger charge is 2.58. The fourth-order valence-corrected chi connectivity index (χ4v) is 5.64. The van der Waals surface area contributed by atoms with Crippen molar-refractivity contribution in [2.75, 3.05) is 32.7 Å². The fraction of sp³-hybridized carbons (Fsp3) is 0.900. The Bertz CT molecular complexity index is 539.